The fourth-order valence-electron chi connectivity index (χ4n) is 3.02. The molecule has 2 aromatic carbocycles. The molecule has 2 N–H and O–H groups in total. The minimum atomic E-state index is -0.152. The number of halogens is 1. The molecule has 25 heavy (non-hydrogen) atoms. The van der Waals surface area contributed by atoms with Gasteiger partial charge in [-0.15, -0.1) is 0 Å². The Hall–Kier alpha value is -2.98. The average molecular weight is 350 g/mol. The number of hydrogen-bond donors (Lipinski definition) is 2. The van der Waals surface area contributed by atoms with Gasteiger partial charge in [0.1, 0.15) is 0 Å². The largest absolute Gasteiger partial charge is 0.361 e. The van der Waals surface area contributed by atoms with Gasteiger partial charge in [0.2, 0.25) is 0 Å². The van der Waals surface area contributed by atoms with Gasteiger partial charge in [0.15, 0.2) is 0 Å². The summed E-state index contributed by atoms with van der Waals surface area (Å²) in [6, 6.07) is 13.5. The molecule has 0 bridgehead atoms. The second kappa shape index (κ2) is 5.83. The second-order valence-electron chi connectivity index (χ2n) is 5.96. The highest BCUT2D eigenvalue weighted by atomic mass is 35.5. The molecular formula is C20H16ClN3O. The molecule has 0 saturated carbocycles. The van der Waals surface area contributed by atoms with Crippen LogP contribution in [0.5, 0.6) is 0 Å². The van der Waals surface area contributed by atoms with Crippen molar-refractivity contribution < 1.29 is 0 Å². The molecule has 0 atom stereocenters. The van der Waals surface area contributed by atoms with Gasteiger partial charge in [-0.1, -0.05) is 42.4 Å². The van der Waals surface area contributed by atoms with E-state index in [1.54, 1.807) is 6.07 Å². The minimum Gasteiger partial charge on any atom is -0.361 e. The summed E-state index contributed by atoms with van der Waals surface area (Å²) in [6.07, 6.45) is 3.75. The highest BCUT2D eigenvalue weighted by Crippen LogP contribution is 2.20. The van der Waals surface area contributed by atoms with Gasteiger partial charge in [-0.3, -0.25) is 9.89 Å². The highest BCUT2D eigenvalue weighted by Gasteiger charge is 2.10. The Kier molecular flexibility index (Phi) is 3.62. The number of hydrogen-bond acceptors (Lipinski definition) is 1. The van der Waals surface area contributed by atoms with Crippen LogP contribution in [0.1, 0.15) is 11.1 Å². The van der Waals surface area contributed by atoms with E-state index in [2.05, 4.69) is 16.7 Å². The van der Waals surface area contributed by atoms with Crippen LogP contribution in [-0.2, 0) is 0 Å². The SMILES string of the molecule is C=c1[nH]n(-c2cccc(Cl)c2C)c(=O)/c1=C/c1c[nH]c2ccccc12. The van der Waals surface area contributed by atoms with E-state index in [0.29, 0.717) is 15.6 Å². The number of aromatic amines is 2. The van der Waals surface area contributed by atoms with Crippen LogP contribution in [0.2, 0.25) is 5.02 Å². The van der Waals surface area contributed by atoms with E-state index in [-0.39, 0.29) is 5.56 Å². The molecule has 124 valence electrons. The van der Waals surface area contributed by atoms with Gasteiger partial charge >= 0.3 is 0 Å². The van der Waals surface area contributed by atoms with Crippen LogP contribution in [0.15, 0.2) is 53.5 Å². The van der Waals surface area contributed by atoms with Crippen molar-refractivity contribution in [2.75, 3.05) is 0 Å². The topological polar surface area (TPSA) is 53.6 Å². The first-order chi connectivity index (χ1) is 12.1. The lowest BCUT2D eigenvalue weighted by molar-refractivity contribution is 0.832. The highest BCUT2D eigenvalue weighted by molar-refractivity contribution is 6.31. The second-order valence-corrected chi connectivity index (χ2v) is 6.37. The van der Waals surface area contributed by atoms with Crippen LogP contribution < -0.4 is 16.1 Å². The summed E-state index contributed by atoms with van der Waals surface area (Å²) in [4.78, 5) is 16.1. The van der Waals surface area contributed by atoms with E-state index in [1.807, 2.05) is 55.6 Å². The van der Waals surface area contributed by atoms with Gasteiger partial charge in [-0.25, -0.2) is 4.68 Å². The molecule has 0 aliphatic rings. The molecule has 0 radical (unpaired) electrons. The van der Waals surface area contributed by atoms with Crippen LogP contribution in [0.3, 0.4) is 0 Å². The fraction of sp³-hybridized carbons (Fsp3) is 0.0500. The van der Waals surface area contributed by atoms with E-state index < -0.39 is 0 Å². The third kappa shape index (κ3) is 2.51. The third-order valence-corrected chi connectivity index (χ3v) is 4.82. The average Bonchev–Trinajstić information content (AvgIpc) is 3.14. The molecule has 0 aliphatic heterocycles. The first kappa shape index (κ1) is 15.5. The van der Waals surface area contributed by atoms with Crippen molar-refractivity contribution in [1.29, 1.82) is 0 Å². The first-order valence-electron chi connectivity index (χ1n) is 7.89. The van der Waals surface area contributed by atoms with Crippen LogP contribution in [0.4, 0.5) is 0 Å². The predicted octanol–water partition coefficient (Wildman–Crippen LogP) is 2.85. The number of aromatic nitrogens is 3. The summed E-state index contributed by atoms with van der Waals surface area (Å²) in [6.45, 7) is 5.88. The van der Waals surface area contributed by atoms with Gasteiger partial charge in [0.25, 0.3) is 5.56 Å². The summed E-state index contributed by atoms with van der Waals surface area (Å²) in [5, 5.41) is 5.83. The number of rotatable bonds is 2. The Morgan fingerprint density at radius 3 is 2.80 bits per heavy atom. The maximum atomic E-state index is 12.9. The number of fused-ring (bicyclic) bond motifs is 1. The summed E-state index contributed by atoms with van der Waals surface area (Å²) in [5.74, 6) is 0. The molecule has 2 heterocycles. The molecule has 0 saturated heterocycles. The summed E-state index contributed by atoms with van der Waals surface area (Å²) >= 11 is 6.19. The van der Waals surface area contributed by atoms with Crippen molar-refractivity contribution in [2.45, 2.75) is 6.92 Å². The minimum absolute atomic E-state index is 0.152. The standard InChI is InChI=1S/C20H16ClN3O/c1-12-17(21)7-5-9-19(12)24-20(25)16(13(2)23-24)10-14-11-22-18-8-4-3-6-15(14)18/h3-11,22-23H,2H2,1H3/b16-10+. The van der Waals surface area contributed by atoms with Gasteiger partial charge in [0, 0.05) is 27.7 Å². The van der Waals surface area contributed by atoms with Crippen molar-refractivity contribution in [3.63, 3.8) is 0 Å². The third-order valence-electron chi connectivity index (χ3n) is 4.41. The number of nitrogens with zero attached hydrogens (tertiary/aromatic N) is 1. The molecule has 0 spiro atoms. The summed E-state index contributed by atoms with van der Waals surface area (Å²) in [5.41, 5.74) is 3.39. The molecule has 2 aromatic heterocycles. The number of H-pyrrole nitrogens is 2. The molecule has 0 aliphatic carbocycles. The molecule has 0 amide bonds. The zero-order valence-corrected chi connectivity index (χ0v) is 14.4. The van der Waals surface area contributed by atoms with Crippen LogP contribution >= 0.6 is 11.6 Å². The maximum Gasteiger partial charge on any atom is 0.279 e. The zero-order chi connectivity index (χ0) is 17.6. The number of para-hydroxylation sites is 1. The fourth-order valence-corrected chi connectivity index (χ4v) is 3.19. The van der Waals surface area contributed by atoms with Crippen LogP contribution in [0, 0.1) is 6.92 Å². The van der Waals surface area contributed by atoms with Gasteiger partial charge in [-0.05, 0) is 36.8 Å². The molecule has 4 aromatic rings. The Bertz CT molecular complexity index is 1260. The van der Waals surface area contributed by atoms with Crippen LogP contribution in [-0.4, -0.2) is 14.8 Å². The van der Waals surface area contributed by atoms with Gasteiger partial charge < -0.3 is 4.98 Å². The quantitative estimate of drug-likeness (QED) is 0.574. The summed E-state index contributed by atoms with van der Waals surface area (Å²) < 4.78 is 1.49. The maximum absolute atomic E-state index is 12.9. The molecule has 5 heteroatoms. The lowest BCUT2D eigenvalue weighted by Gasteiger charge is -2.06. The normalized spacial score (nSPS) is 12.2. The molecular weight excluding hydrogens is 334 g/mol. The molecule has 0 fully saturated rings. The van der Waals surface area contributed by atoms with E-state index in [0.717, 1.165) is 27.7 Å². The number of nitrogens with one attached hydrogen (secondary N) is 2. The summed E-state index contributed by atoms with van der Waals surface area (Å²) in [7, 11) is 0. The van der Waals surface area contributed by atoms with E-state index in [1.165, 1.54) is 4.68 Å². The van der Waals surface area contributed by atoms with Gasteiger partial charge in [-0.2, -0.15) is 0 Å². The van der Waals surface area contributed by atoms with Crippen molar-refractivity contribution >= 4 is 35.2 Å². The van der Waals surface area contributed by atoms with E-state index in [4.69, 9.17) is 11.6 Å². The van der Waals surface area contributed by atoms with Gasteiger partial charge in [0.05, 0.1) is 16.3 Å². The van der Waals surface area contributed by atoms with E-state index in [9.17, 15) is 4.79 Å². The monoisotopic (exact) mass is 349 g/mol. The molecule has 4 nitrogen and oxygen atoms in total. The van der Waals surface area contributed by atoms with Crippen molar-refractivity contribution in [3.05, 3.63) is 85.7 Å². The van der Waals surface area contributed by atoms with E-state index >= 15 is 0 Å². The molecule has 0 unspecified atom stereocenters. The smallest absolute Gasteiger partial charge is 0.279 e. The zero-order valence-electron chi connectivity index (χ0n) is 13.6. The van der Waals surface area contributed by atoms with Crippen molar-refractivity contribution in [3.8, 4) is 5.69 Å². The lowest BCUT2D eigenvalue weighted by atomic mass is 10.1. The van der Waals surface area contributed by atoms with Crippen molar-refractivity contribution in [2.24, 2.45) is 0 Å². The Morgan fingerprint density at radius 1 is 1.16 bits per heavy atom. The predicted molar refractivity (Wildman–Crippen MR) is 103 cm³/mol. The Morgan fingerprint density at radius 2 is 1.96 bits per heavy atom. The first-order valence-corrected chi connectivity index (χ1v) is 8.27. The molecule has 4 rings (SSSR count). The number of benzene rings is 2. The Labute approximate surface area is 148 Å². The Balaban J connectivity index is 1.96. The lowest BCUT2D eigenvalue weighted by Crippen LogP contribution is -2.34. The van der Waals surface area contributed by atoms with Crippen LogP contribution in [0.25, 0.3) is 29.2 Å². The van der Waals surface area contributed by atoms with Crippen molar-refractivity contribution in [1.82, 2.24) is 14.8 Å².